The lowest BCUT2D eigenvalue weighted by Crippen LogP contribution is -2.40. The van der Waals surface area contributed by atoms with Gasteiger partial charge in [0, 0.05) is 24.3 Å². The second-order valence-corrected chi connectivity index (χ2v) is 5.71. The highest BCUT2D eigenvalue weighted by molar-refractivity contribution is 5.95. The third-order valence-electron chi connectivity index (χ3n) is 4.28. The number of likely N-dealkylation sites (tertiary alicyclic amines) is 1. The van der Waals surface area contributed by atoms with Crippen molar-refractivity contribution in [3.8, 4) is 0 Å². The van der Waals surface area contributed by atoms with Gasteiger partial charge in [0.15, 0.2) is 0 Å². The van der Waals surface area contributed by atoms with E-state index in [0.717, 1.165) is 0 Å². The number of carboxylic acids is 1. The van der Waals surface area contributed by atoms with Crippen LogP contribution in [0, 0.1) is 11.3 Å². The minimum absolute atomic E-state index is 0.00998. The molecule has 0 spiro atoms. The van der Waals surface area contributed by atoms with Crippen molar-refractivity contribution in [3.05, 3.63) is 29.8 Å². The summed E-state index contributed by atoms with van der Waals surface area (Å²) in [4.78, 5) is 25.6. The summed E-state index contributed by atoms with van der Waals surface area (Å²) < 4.78 is 0. The van der Waals surface area contributed by atoms with Crippen molar-refractivity contribution in [1.29, 1.82) is 0 Å². The lowest BCUT2D eigenvalue weighted by atomic mass is 9.76. The molecule has 20 heavy (non-hydrogen) atoms. The number of rotatable bonds is 3. The molecular formula is C15H20N2O3. The Hall–Kier alpha value is -2.04. The Kier molecular flexibility index (Phi) is 3.70. The highest BCUT2D eigenvalue weighted by Crippen LogP contribution is 2.38. The van der Waals surface area contributed by atoms with E-state index in [-0.39, 0.29) is 18.4 Å². The van der Waals surface area contributed by atoms with Crippen LogP contribution in [-0.2, 0) is 4.79 Å². The zero-order valence-electron chi connectivity index (χ0n) is 11.8. The number of benzene rings is 1. The number of nitrogen functional groups attached to an aromatic ring is 1. The van der Waals surface area contributed by atoms with Gasteiger partial charge in [-0.25, -0.2) is 0 Å². The average Bonchev–Trinajstić information content (AvgIpc) is 2.85. The van der Waals surface area contributed by atoms with Gasteiger partial charge in [-0.05, 0) is 36.6 Å². The van der Waals surface area contributed by atoms with Gasteiger partial charge in [0.2, 0.25) is 0 Å². The maximum atomic E-state index is 12.4. The summed E-state index contributed by atoms with van der Waals surface area (Å²) in [6.07, 6.45) is 0.501. The molecule has 1 amide bonds. The van der Waals surface area contributed by atoms with E-state index in [0.29, 0.717) is 24.2 Å². The third kappa shape index (κ3) is 2.35. The van der Waals surface area contributed by atoms with Crippen LogP contribution in [0.15, 0.2) is 24.3 Å². The van der Waals surface area contributed by atoms with Crippen LogP contribution in [0.2, 0.25) is 0 Å². The highest BCUT2D eigenvalue weighted by Gasteiger charge is 2.48. The van der Waals surface area contributed by atoms with Gasteiger partial charge in [-0.1, -0.05) is 13.8 Å². The molecule has 2 rings (SSSR count). The fourth-order valence-electron chi connectivity index (χ4n) is 2.71. The normalized spacial score (nSPS) is 22.2. The molecule has 1 fully saturated rings. The monoisotopic (exact) mass is 276 g/mol. The summed E-state index contributed by atoms with van der Waals surface area (Å²) in [7, 11) is 0. The Morgan fingerprint density at radius 3 is 2.35 bits per heavy atom. The van der Waals surface area contributed by atoms with Gasteiger partial charge in [-0.15, -0.1) is 0 Å². The second-order valence-electron chi connectivity index (χ2n) is 5.71. The summed E-state index contributed by atoms with van der Waals surface area (Å²) >= 11 is 0. The number of anilines is 1. The predicted octanol–water partition coefficient (Wildman–Crippen LogP) is 1.84. The largest absolute Gasteiger partial charge is 0.481 e. The first-order valence-electron chi connectivity index (χ1n) is 6.75. The zero-order chi connectivity index (χ0) is 14.9. The molecule has 0 saturated carbocycles. The van der Waals surface area contributed by atoms with Gasteiger partial charge in [0.25, 0.3) is 5.91 Å². The molecule has 0 aliphatic carbocycles. The van der Waals surface area contributed by atoms with E-state index in [2.05, 4.69) is 0 Å². The number of aliphatic carboxylic acids is 1. The van der Waals surface area contributed by atoms with Crippen molar-refractivity contribution in [3.63, 3.8) is 0 Å². The highest BCUT2D eigenvalue weighted by atomic mass is 16.4. The average molecular weight is 276 g/mol. The molecule has 1 atom stereocenters. The van der Waals surface area contributed by atoms with Gasteiger partial charge < -0.3 is 15.7 Å². The SMILES string of the molecule is CC(C)C1(C(=O)O)CCN(C(=O)c2ccc(N)cc2)C1. The van der Waals surface area contributed by atoms with E-state index in [1.807, 2.05) is 13.8 Å². The Morgan fingerprint density at radius 1 is 1.30 bits per heavy atom. The van der Waals surface area contributed by atoms with Crippen LogP contribution in [0.4, 0.5) is 5.69 Å². The lowest BCUT2D eigenvalue weighted by molar-refractivity contribution is -0.150. The molecule has 0 radical (unpaired) electrons. The molecule has 0 bridgehead atoms. The van der Waals surface area contributed by atoms with E-state index in [1.165, 1.54) is 0 Å². The molecule has 1 aromatic carbocycles. The van der Waals surface area contributed by atoms with Crippen LogP contribution in [0.25, 0.3) is 0 Å². The first-order valence-corrected chi connectivity index (χ1v) is 6.75. The molecule has 1 unspecified atom stereocenters. The molecule has 1 aliphatic heterocycles. The van der Waals surface area contributed by atoms with Crippen molar-refractivity contribution in [2.75, 3.05) is 18.8 Å². The smallest absolute Gasteiger partial charge is 0.311 e. The molecule has 3 N–H and O–H groups in total. The molecule has 1 aliphatic rings. The topological polar surface area (TPSA) is 83.6 Å². The van der Waals surface area contributed by atoms with Crippen LogP contribution in [0.5, 0.6) is 0 Å². The third-order valence-corrected chi connectivity index (χ3v) is 4.28. The summed E-state index contributed by atoms with van der Waals surface area (Å²) in [5.74, 6) is -0.960. The molecule has 0 aromatic heterocycles. The van der Waals surface area contributed by atoms with Crippen LogP contribution in [0.3, 0.4) is 0 Å². The Morgan fingerprint density at radius 2 is 1.90 bits per heavy atom. The maximum Gasteiger partial charge on any atom is 0.311 e. The molecular weight excluding hydrogens is 256 g/mol. The number of carbonyl (C=O) groups excluding carboxylic acids is 1. The molecule has 1 saturated heterocycles. The number of carbonyl (C=O) groups is 2. The zero-order valence-corrected chi connectivity index (χ0v) is 11.8. The van der Waals surface area contributed by atoms with Gasteiger partial charge >= 0.3 is 5.97 Å². The van der Waals surface area contributed by atoms with Crippen LogP contribution in [-0.4, -0.2) is 35.0 Å². The molecule has 1 heterocycles. The lowest BCUT2D eigenvalue weighted by Gasteiger charge is -2.28. The van der Waals surface area contributed by atoms with E-state index in [1.54, 1.807) is 29.2 Å². The minimum atomic E-state index is -0.830. The van der Waals surface area contributed by atoms with E-state index < -0.39 is 11.4 Å². The van der Waals surface area contributed by atoms with Gasteiger partial charge in [-0.2, -0.15) is 0 Å². The summed E-state index contributed by atoms with van der Waals surface area (Å²) in [5.41, 5.74) is 5.92. The number of hydrogen-bond donors (Lipinski definition) is 2. The maximum absolute atomic E-state index is 12.4. The van der Waals surface area contributed by atoms with Crippen molar-refractivity contribution < 1.29 is 14.7 Å². The Bertz CT molecular complexity index is 524. The number of amides is 1. The van der Waals surface area contributed by atoms with Gasteiger partial charge in [0.05, 0.1) is 5.41 Å². The quantitative estimate of drug-likeness (QED) is 0.825. The fraction of sp³-hybridized carbons (Fsp3) is 0.467. The van der Waals surface area contributed by atoms with Crippen molar-refractivity contribution in [2.24, 2.45) is 11.3 Å². The Balaban J connectivity index is 2.18. The fourth-order valence-corrected chi connectivity index (χ4v) is 2.71. The molecule has 1 aromatic rings. The van der Waals surface area contributed by atoms with Crippen LogP contribution < -0.4 is 5.73 Å². The summed E-state index contributed by atoms with van der Waals surface area (Å²) in [5, 5.41) is 9.49. The Labute approximate surface area is 118 Å². The van der Waals surface area contributed by atoms with Crippen molar-refractivity contribution in [2.45, 2.75) is 20.3 Å². The van der Waals surface area contributed by atoms with Gasteiger partial charge in [0.1, 0.15) is 0 Å². The second kappa shape index (κ2) is 5.15. The number of nitrogens with two attached hydrogens (primary N) is 1. The summed E-state index contributed by atoms with van der Waals surface area (Å²) in [6.45, 7) is 4.54. The first-order chi connectivity index (χ1) is 9.36. The molecule has 5 heteroatoms. The standard InChI is InChI=1S/C15H20N2O3/c1-10(2)15(14(19)20)7-8-17(9-15)13(18)11-3-5-12(16)6-4-11/h3-6,10H,7-9,16H2,1-2H3,(H,19,20). The number of carboxylic acid groups (broad SMARTS) is 1. The molecule has 5 nitrogen and oxygen atoms in total. The molecule has 108 valence electrons. The van der Waals surface area contributed by atoms with Crippen molar-refractivity contribution in [1.82, 2.24) is 4.90 Å². The van der Waals surface area contributed by atoms with Gasteiger partial charge in [-0.3, -0.25) is 9.59 Å². The summed E-state index contributed by atoms with van der Waals surface area (Å²) in [6, 6.07) is 6.70. The number of hydrogen-bond acceptors (Lipinski definition) is 3. The van der Waals surface area contributed by atoms with Crippen LogP contribution >= 0.6 is 0 Å². The predicted molar refractivity (Wildman–Crippen MR) is 76.3 cm³/mol. The number of nitrogens with zero attached hydrogens (tertiary/aromatic N) is 1. The van der Waals surface area contributed by atoms with Crippen LogP contribution in [0.1, 0.15) is 30.6 Å². The van der Waals surface area contributed by atoms with E-state index in [4.69, 9.17) is 5.73 Å². The first kappa shape index (κ1) is 14.4. The van der Waals surface area contributed by atoms with Crippen molar-refractivity contribution >= 4 is 17.6 Å². The minimum Gasteiger partial charge on any atom is -0.481 e. The van der Waals surface area contributed by atoms with E-state index >= 15 is 0 Å². The van der Waals surface area contributed by atoms with E-state index in [9.17, 15) is 14.7 Å².